The average molecular weight is 297 g/mol. The molecule has 0 radical (unpaired) electrons. The van der Waals surface area contributed by atoms with Gasteiger partial charge in [0, 0.05) is 12.1 Å². The lowest BCUT2D eigenvalue weighted by Crippen LogP contribution is -2.30. The highest BCUT2D eigenvalue weighted by Crippen LogP contribution is 2.25. The summed E-state index contributed by atoms with van der Waals surface area (Å²) >= 11 is 0. The Labute approximate surface area is 125 Å². The highest BCUT2D eigenvalue weighted by molar-refractivity contribution is 5.21. The highest BCUT2D eigenvalue weighted by Gasteiger charge is 2.21. The van der Waals surface area contributed by atoms with Crippen molar-refractivity contribution in [3.8, 4) is 0 Å². The Morgan fingerprint density at radius 2 is 2.10 bits per heavy atom. The minimum absolute atomic E-state index is 0.0596. The topological polar surface area (TPSA) is 23.5 Å². The molecule has 0 bridgehead atoms. The first-order valence-corrected chi connectivity index (χ1v) is 7.96. The lowest BCUT2D eigenvalue weighted by molar-refractivity contribution is 0.110. The largest absolute Gasteiger partial charge is 0.387 e. The summed E-state index contributed by atoms with van der Waals surface area (Å²) in [7, 11) is 0. The predicted octanol–water partition coefficient (Wildman–Crippen LogP) is 3.90. The summed E-state index contributed by atoms with van der Waals surface area (Å²) in [5, 5.41) is 10.2. The minimum atomic E-state index is -0.969. The number of nitrogens with zero attached hydrogens (tertiary/aromatic N) is 1. The number of benzene rings is 1. The van der Waals surface area contributed by atoms with Gasteiger partial charge >= 0.3 is 0 Å². The van der Waals surface area contributed by atoms with E-state index in [1.165, 1.54) is 31.4 Å². The van der Waals surface area contributed by atoms with E-state index in [0.29, 0.717) is 6.54 Å². The summed E-state index contributed by atoms with van der Waals surface area (Å²) in [6.45, 7) is 4.44. The fraction of sp³-hybridized carbons (Fsp3) is 0.647. The Kier molecular flexibility index (Phi) is 6.12. The molecule has 0 amide bonds. The van der Waals surface area contributed by atoms with Crippen molar-refractivity contribution in [3.63, 3.8) is 0 Å². The number of hydrogen-bond donors (Lipinski definition) is 1. The van der Waals surface area contributed by atoms with Crippen molar-refractivity contribution in [2.45, 2.75) is 45.1 Å². The number of halogens is 2. The van der Waals surface area contributed by atoms with Crippen molar-refractivity contribution in [3.05, 3.63) is 35.4 Å². The van der Waals surface area contributed by atoms with Crippen molar-refractivity contribution >= 4 is 0 Å². The van der Waals surface area contributed by atoms with Gasteiger partial charge in [-0.3, -0.25) is 0 Å². The van der Waals surface area contributed by atoms with Crippen LogP contribution in [0.4, 0.5) is 8.78 Å². The van der Waals surface area contributed by atoms with Gasteiger partial charge in [-0.15, -0.1) is 0 Å². The summed E-state index contributed by atoms with van der Waals surface area (Å²) in [5.41, 5.74) is 0.0596. The van der Waals surface area contributed by atoms with Crippen LogP contribution in [0.1, 0.15) is 50.7 Å². The molecule has 1 aromatic rings. The van der Waals surface area contributed by atoms with E-state index in [1.54, 1.807) is 0 Å². The van der Waals surface area contributed by atoms with Gasteiger partial charge in [0.2, 0.25) is 0 Å². The van der Waals surface area contributed by atoms with Gasteiger partial charge in [0.25, 0.3) is 0 Å². The maximum Gasteiger partial charge on any atom is 0.164 e. The lowest BCUT2D eigenvalue weighted by Gasteiger charge is -2.24. The molecule has 1 aliphatic rings. The third kappa shape index (κ3) is 4.48. The highest BCUT2D eigenvalue weighted by atomic mass is 19.2. The summed E-state index contributed by atoms with van der Waals surface area (Å²) < 4.78 is 26.9. The van der Waals surface area contributed by atoms with Gasteiger partial charge in [-0.25, -0.2) is 8.78 Å². The third-order valence-corrected chi connectivity index (χ3v) is 4.41. The van der Waals surface area contributed by atoms with Gasteiger partial charge in [-0.2, -0.15) is 0 Å². The molecule has 2 rings (SSSR count). The second-order valence-electron chi connectivity index (χ2n) is 6.05. The van der Waals surface area contributed by atoms with Crippen LogP contribution < -0.4 is 0 Å². The van der Waals surface area contributed by atoms with Gasteiger partial charge in [-0.05, 0) is 44.3 Å². The monoisotopic (exact) mass is 297 g/mol. The fourth-order valence-electron chi connectivity index (χ4n) is 3.23. The lowest BCUT2D eigenvalue weighted by atomic mass is 9.96. The molecule has 0 aromatic heterocycles. The van der Waals surface area contributed by atoms with Gasteiger partial charge in [0.05, 0.1) is 6.10 Å². The van der Waals surface area contributed by atoms with E-state index in [2.05, 4.69) is 11.8 Å². The fourth-order valence-corrected chi connectivity index (χ4v) is 3.23. The van der Waals surface area contributed by atoms with Crippen molar-refractivity contribution in [2.24, 2.45) is 5.92 Å². The van der Waals surface area contributed by atoms with E-state index in [1.807, 2.05) is 0 Å². The van der Waals surface area contributed by atoms with Crippen molar-refractivity contribution in [2.75, 3.05) is 19.6 Å². The standard InChI is InChI=1S/C17H25F2NO/c1-2-5-13-6-4-10-20(11-9-13)12-16(21)14-7-3-8-15(18)17(14)19/h3,7-8,13,16,21H,2,4-6,9-12H2,1H3. The summed E-state index contributed by atoms with van der Waals surface area (Å²) in [4.78, 5) is 2.17. The summed E-state index contributed by atoms with van der Waals surface area (Å²) in [6, 6.07) is 3.98. The van der Waals surface area contributed by atoms with Crippen molar-refractivity contribution in [1.29, 1.82) is 0 Å². The van der Waals surface area contributed by atoms with Crippen LogP contribution in [0.15, 0.2) is 18.2 Å². The van der Waals surface area contributed by atoms with Gasteiger partial charge in [-0.1, -0.05) is 31.9 Å². The Bertz CT molecular complexity index is 452. The zero-order valence-corrected chi connectivity index (χ0v) is 12.7. The van der Waals surface area contributed by atoms with E-state index in [4.69, 9.17) is 0 Å². The molecule has 2 atom stereocenters. The Balaban J connectivity index is 1.93. The van der Waals surface area contributed by atoms with E-state index in [9.17, 15) is 13.9 Å². The molecule has 0 saturated carbocycles. The van der Waals surface area contributed by atoms with Crippen LogP contribution in [0.3, 0.4) is 0 Å². The second-order valence-corrected chi connectivity index (χ2v) is 6.05. The van der Waals surface area contributed by atoms with Crippen LogP contribution in [-0.4, -0.2) is 29.6 Å². The second kappa shape index (κ2) is 7.85. The summed E-state index contributed by atoms with van der Waals surface area (Å²) in [5.74, 6) is -1.06. The molecule has 118 valence electrons. The molecule has 1 aromatic carbocycles. The molecule has 21 heavy (non-hydrogen) atoms. The first-order valence-electron chi connectivity index (χ1n) is 7.96. The number of likely N-dealkylation sites (tertiary alicyclic amines) is 1. The number of aliphatic hydroxyl groups excluding tert-OH is 1. The van der Waals surface area contributed by atoms with Crippen LogP contribution in [0.2, 0.25) is 0 Å². The Morgan fingerprint density at radius 1 is 1.29 bits per heavy atom. The Hall–Kier alpha value is -1.00. The molecule has 1 N–H and O–H groups in total. The number of rotatable bonds is 5. The number of hydrogen-bond acceptors (Lipinski definition) is 2. The molecular weight excluding hydrogens is 272 g/mol. The number of aliphatic hydroxyl groups is 1. The zero-order chi connectivity index (χ0) is 15.2. The predicted molar refractivity (Wildman–Crippen MR) is 80.0 cm³/mol. The molecule has 1 saturated heterocycles. The number of β-amino-alcohol motifs (C(OH)–C–C–N with tert-alkyl or cyclic N) is 1. The van der Waals surface area contributed by atoms with Crippen LogP contribution in [0.5, 0.6) is 0 Å². The maximum absolute atomic E-state index is 13.7. The van der Waals surface area contributed by atoms with E-state index < -0.39 is 17.7 Å². The van der Waals surface area contributed by atoms with Crippen molar-refractivity contribution in [1.82, 2.24) is 4.90 Å². The molecule has 2 nitrogen and oxygen atoms in total. The minimum Gasteiger partial charge on any atom is -0.387 e. The molecule has 2 unspecified atom stereocenters. The maximum atomic E-state index is 13.7. The van der Waals surface area contributed by atoms with E-state index >= 15 is 0 Å². The molecular formula is C17H25F2NO. The van der Waals surface area contributed by atoms with Crippen LogP contribution >= 0.6 is 0 Å². The smallest absolute Gasteiger partial charge is 0.164 e. The van der Waals surface area contributed by atoms with Gasteiger partial charge in [0.1, 0.15) is 0 Å². The average Bonchev–Trinajstić information content (AvgIpc) is 2.68. The van der Waals surface area contributed by atoms with Gasteiger partial charge in [0.15, 0.2) is 11.6 Å². The molecule has 0 aliphatic carbocycles. The van der Waals surface area contributed by atoms with Crippen LogP contribution in [-0.2, 0) is 0 Å². The zero-order valence-electron chi connectivity index (χ0n) is 12.7. The van der Waals surface area contributed by atoms with Crippen LogP contribution in [0, 0.1) is 17.6 Å². The molecule has 4 heteroatoms. The SMILES string of the molecule is CCCC1CCCN(CC(O)c2cccc(F)c2F)CC1. The van der Waals surface area contributed by atoms with Crippen LogP contribution in [0.25, 0.3) is 0 Å². The van der Waals surface area contributed by atoms with Crippen molar-refractivity contribution < 1.29 is 13.9 Å². The first kappa shape index (κ1) is 16.4. The molecule has 1 fully saturated rings. The molecule has 0 spiro atoms. The normalized spacial score (nSPS) is 22.0. The summed E-state index contributed by atoms with van der Waals surface area (Å²) in [6.07, 6.45) is 4.98. The molecule has 1 aliphatic heterocycles. The Morgan fingerprint density at radius 3 is 2.86 bits per heavy atom. The first-order chi connectivity index (χ1) is 10.1. The molecule has 1 heterocycles. The van der Waals surface area contributed by atoms with E-state index in [0.717, 1.165) is 37.9 Å². The quantitative estimate of drug-likeness (QED) is 0.891. The van der Waals surface area contributed by atoms with E-state index in [-0.39, 0.29) is 5.56 Å². The van der Waals surface area contributed by atoms with Gasteiger partial charge < -0.3 is 10.0 Å². The third-order valence-electron chi connectivity index (χ3n) is 4.41.